The number of nitro groups is 1. The summed E-state index contributed by atoms with van der Waals surface area (Å²) in [5, 5.41) is 13.7. The van der Waals surface area contributed by atoms with E-state index >= 15 is 0 Å². The molecular formula is C12H9Br2N3O2. The third kappa shape index (κ3) is 3.74. The van der Waals surface area contributed by atoms with Crippen LogP contribution in [0.15, 0.2) is 45.5 Å². The summed E-state index contributed by atoms with van der Waals surface area (Å²) in [5.41, 5.74) is 1.04. The van der Waals surface area contributed by atoms with E-state index in [0.29, 0.717) is 16.8 Å². The van der Waals surface area contributed by atoms with Crippen molar-refractivity contribution in [2.24, 2.45) is 0 Å². The zero-order chi connectivity index (χ0) is 13.8. The zero-order valence-corrected chi connectivity index (χ0v) is 12.8. The first-order chi connectivity index (χ1) is 9.06. The molecule has 0 saturated carbocycles. The van der Waals surface area contributed by atoms with E-state index in [1.165, 1.54) is 12.3 Å². The third-order valence-corrected chi connectivity index (χ3v) is 3.48. The highest BCUT2D eigenvalue weighted by molar-refractivity contribution is 9.10. The van der Waals surface area contributed by atoms with Gasteiger partial charge in [-0.25, -0.2) is 4.98 Å². The molecule has 2 aromatic rings. The molecule has 1 heterocycles. The maximum Gasteiger partial charge on any atom is 0.288 e. The van der Waals surface area contributed by atoms with Gasteiger partial charge in [-0.2, -0.15) is 0 Å². The van der Waals surface area contributed by atoms with Gasteiger partial charge in [0.2, 0.25) is 0 Å². The van der Waals surface area contributed by atoms with Gasteiger partial charge in [-0.05, 0) is 33.6 Å². The second-order valence-electron chi connectivity index (χ2n) is 3.76. The van der Waals surface area contributed by atoms with Crippen molar-refractivity contribution in [3.05, 3.63) is 61.2 Å². The first kappa shape index (κ1) is 14.0. The van der Waals surface area contributed by atoms with Crippen molar-refractivity contribution in [2.75, 3.05) is 5.32 Å². The van der Waals surface area contributed by atoms with Gasteiger partial charge in [0, 0.05) is 17.1 Å². The maximum atomic E-state index is 10.6. The Morgan fingerprint density at radius 1 is 1.32 bits per heavy atom. The van der Waals surface area contributed by atoms with Gasteiger partial charge in [0.1, 0.15) is 12.0 Å². The largest absolute Gasteiger partial charge is 0.365 e. The zero-order valence-electron chi connectivity index (χ0n) is 9.64. The van der Waals surface area contributed by atoms with Crippen LogP contribution in [0.25, 0.3) is 0 Å². The van der Waals surface area contributed by atoms with Gasteiger partial charge in [-0.1, -0.05) is 28.1 Å². The fourth-order valence-electron chi connectivity index (χ4n) is 1.49. The molecule has 0 aliphatic carbocycles. The molecule has 1 aromatic heterocycles. The van der Waals surface area contributed by atoms with Gasteiger partial charge < -0.3 is 5.32 Å². The number of pyridine rings is 1. The molecule has 0 radical (unpaired) electrons. The van der Waals surface area contributed by atoms with Crippen LogP contribution in [0, 0.1) is 10.1 Å². The van der Waals surface area contributed by atoms with Crippen molar-refractivity contribution in [1.82, 2.24) is 4.98 Å². The summed E-state index contributed by atoms with van der Waals surface area (Å²) in [6, 6.07) is 9.29. The lowest BCUT2D eigenvalue weighted by Crippen LogP contribution is -2.02. The summed E-state index contributed by atoms with van der Waals surface area (Å²) < 4.78 is 1.57. The van der Waals surface area contributed by atoms with Crippen LogP contribution in [0.2, 0.25) is 0 Å². The summed E-state index contributed by atoms with van der Waals surface area (Å²) >= 11 is 6.67. The molecule has 0 atom stereocenters. The molecule has 0 amide bonds. The summed E-state index contributed by atoms with van der Waals surface area (Å²) in [6.45, 7) is 0.586. The number of nitrogens with zero attached hydrogens (tertiary/aromatic N) is 2. The fraction of sp³-hybridized carbons (Fsp3) is 0.0833. The first-order valence-corrected chi connectivity index (χ1v) is 6.93. The molecule has 1 N–H and O–H groups in total. The van der Waals surface area contributed by atoms with Crippen LogP contribution < -0.4 is 5.32 Å². The number of nitrogens with one attached hydrogen (secondary N) is 1. The molecule has 0 aliphatic heterocycles. The van der Waals surface area contributed by atoms with Gasteiger partial charge in [0.25, 0.3) is 5.69 Å². The van der Waals surface area contributed by atoms with Crippen LogP contribution in [0.5, 0.6) is 0 Å². The SMILES string of the molecule is O=[N+]([O-])c1cnc(NCc2cccc(Br)c2)c(Br)c1. The Hall–Kier alpha value is -1.47. The molecule has 98 valence electrons. The summed E-state index contributed by atoms with van der Waals surface area (Å²) in [5.74, 6) is 0.575. The molecule has 1 aromatic carbocycles. The summed E-state index contributed by atoms with van der Waals surface area (Å²) in [4.78, 5) is 14.1. The quantitative estimate of drug-likeness (QED) is 0.633. The normalized spacial score (nSPS) is 10.2. The minimum absolute atomic E-state index is 0.0418. The minimum atomic E-state index is -0.476. The van der Waals surface area contributed by atoms with Gasteiger partial charge >= 0.3 is 0 Å². The molecule has 0 bridgehead atoms. The number of aromatic nitrogens is 1. The van der Waals surface area contributed by atoms with E-state index in [4.69, 9.17) is 0 Å². The highest BCUT2D eigenvalue weighted by atomic mass is 79.9. The predicted molar refractivity (Wildman–Crippen MR) is 80.1 cm³/mol. The number of benzene rings is 1. The molecule has 0 fully saturated rings. The van der Waals surface area contributed by atoms with Crippen molar-refractivity contribution in [3.8, 4) is 0 Å². The predicted octanol–water partition coefficient (Wildman–Crippen LogP) is 4.13. The first-order valence-electron chi connectivity index (χ1n) is 5.34. The second-order valence-corrected chi connectivity index (χ2v) is 5.53. The van der Waals surface area contributed by atoms with E-state index in [1.807, 2.05) is 24.3 Å². The highest BCUT2D eigenvalue weighted by Crippen LogP contribution is 2.25. The van der Waals surface area contributed by atoms with Crippen molar-refractivity contribution in [2.45, 2.75) is 6.54 Å². The third-order valence-electron chi connectivity index (χ3n) is 2.39. The van der Waals surface area contributed by atoms with E-state index in [9.17, 15) is 10.1 Å². The number of halogens is 2. The van der Waals surface area contributed by atoms with Crippen LogP contribution in [0.4, 0.5) is 11.5 Å². The number of hydrogen-bond acceptors (Lipinski definition) is 4. The maximum absolute atomic E-state index is 10.6. The average molecular weight is 387 g/mol. The molecule has 5 nitrogen and oxygen atoms in total. The van der Waals surface area contributed by atoms with Crippen molar-refractivity contribution in [3.63, 3.8) is 0 Å². The number of hydrogen-bond donors (Lipinski definition) is 1. The van der Waals surface area contributed by atoms with Crippen LogP contribution in [-0.2, 0) is 6.54 Å². The smallest absolute Gasteiger partial charge is 0.288 e. The van der Waals surface area contributed by atoms with E-state index in [1.54, 1.807) is 0 Å². The second kappa shape index (κ2) is 6.12. The molecule has 0 saturated heterocycles. The Morgan fingerprint density at radius 3 is 2.74 bits per heavy atom. The molecular weight excluding hydrogens is 378 g/mol. The van der Waals surface area contributed by atoms with Gasteiger partial charge in [-0.3, -0.25) is 10.1 Å². The standard InChI is InChI=1S/C12H9Br2N3O2/c13-9-3-1-2-8(4-9)6-15-12-11(14)5-10(7-16-12)17(18)19/h1-5,7H,6H2,(H,15,16). The lowest BCUT2D eigenvalue weighted by atomic mass is 10.2. The molecule has 0 aliphatic rings. The molecule has 2 rings (SSSR count). The van der Waals surface area contributed by atoms with Gasteiger partial charge in [-0.15, -0.1) is 0 Å². The van der Waals surface area contributed by atoms with Gasteiger partial charge in [0.05, 0.1) is 9.40 Å². The number of rotatable bonds is 4. The Kier molecular flexibility index (Phi) is 4.49. The number of anilines is 1. The Morgan fingerprint density at radius 2 is 2.11 bits per heavy atom. The Labute approximate surface area is 126 Å². The summed E-state index contributed by atoms with van der Waals surface area (Å²) in [6.07, 6.45) is 1.23. The van der Waals surface area contributed by atoms with Crippen molar-refractivity contribution >= 4 is 43.4 Å². The van der Waals surface area contributed by atoms with E-state index in [2.05, 4.69) is 42.2 Å². The lowest BCUT2D eigenvalue weighted by Gasteiger charge is -2.07. The van der Waals surface area contributed by atoms with E-state index in [0.717, 1.165) is 10.0 Å². The Balaban J connectivity index is 2.10. The lowest BCUT2D eigenvalue weighted by molar-refractivity contribution is -0.385. The van der Waals surface area contributed by atoms with Crippen molar-refractivity contribution in [1.29, 1.82) is 0 Å². The topological polar surface area (TPSA) is 68.1 Å². The van der Waals surface area contributed by atoms with Crippen molar-refractivity contribution < 1.29 is 4.92 Å². The van der Waals surface area contributed by atoms with Crippen LogP contribution in [-0.4, -0.2) is 9.91 Å². The van der Waals surface area contributed by atoms with Crippen LogP contribution >= 0.6 is 31.9 Å². The van der Waals surface area contributed by atoms with Crippen LogP contribution in [0.1, 0.15) is 5.56 Å². The summed E-state index contributed by atoms with van der Waals surface area (Å²) in [7, 11) is 0. The van der Waals surface area contributed by atoms with Gasteiger partial charge in [0.15, 0.2) is 0 Å². The Bertz CT molecular complexity index is 620. The van der Waals surface area contributed by atoms with Crippen LogP contribution in [0.3, 0.4) is 0 Å². The molecule has 0 spiro atoms. The monoisotopic (exact) mass is 385 g/mol. The fourth-order valence-corrected chi connectivity index (χ4v) is 2.41. The van der Waals surface area contributed by atoms with E-state index < -0.39 is 4.92 Å². The minimum Gasteiger partial charge on any atom is -0.365 e. The molecule has 0 unspecified atom stereocenters. The molecule has 7 heteroatoms. The van der Waals surface area contributed by atoms with E-state index in [-0.39, 0.29) is 5.69 Å². The molecule has 19 heavy (non-hydrogen) atoms. The highest BCUT2D eigenvalue weighted by Gasteiger charge is 2.10. The average Bonchev–Trinajstić information content (AvgIpc) is 2.37.